The van der Waals surface area contributed by atoms with Gasteiger partial charge in [0.15, 0.2) is 0 Å². The zero-order chi connectivity index (χ0) is 19.9. The van der Waals surface area contributed by atoms with Gasteiger partial charge in [0.25, 0.3) is 0 Å². The van der Waals surface area contributed by atoms with Crippen LogP contribution in [0.4, 0.5) is 5.69 Å². The van der Waals surface area contributed by atoms with Gasteiger partial charge in [-0.25, -0.2) is 4.68 Å². The van der Waals surface area contributed by atoms with Crippen LogP contribution < -0.4 is 5.32 Å². The highest BCUT2D eigenvalue weighted by atomic mass is 32.2. The number of aromatic nitrogens is 4. The monoisotopic (exact) mass is 430 g/mol. The first-order valence-corrected chi connectivity index (χ1v) is 11.5. The number of carbonyl (C=O) groups excluding carboxylic acids is 1. The molecule has 0 radical (unpaired) electrons. The molecule has 0 bridgehead atoms. The van der Waals surface area contributed by atoms with Crippen LogP contribution in [0.5, 0.6) is 0 Å². The molecule has 1 aliphatic rings. The van der Waals surface area contributed by atoms with E-state index < -0.39 is 0 Å². The van der Waals surface area contributed by atoms with Crippen LogP contribution in [0.25, 0.3) is 0 Å². The van der Waals surface area contributed by atoms with E-state index in [1.165, 1.54) is 28.8 Å². The molecule has 1 aromatic carbocycles. The largest absolute Gasteiger partial charge is 0.467 e. The quantitative estimate of drug-likeness (QED) is 0.546. The fourth-order valence-corrected chi connectivity index (χ4v) is 4.70. The van der Waals surface area contributed by atoms with Crippen molar-refractivity contribution in [1.82, 2.24) is 25.1 Å². The molecule has 3 heterocycles. The van der Waals surface area contributed by atoms with E-state index in [2.05, 4.69) is 31.8 Å². The SMILES string of the molecule is O=C(CSc1nnnn1Cc1ccco1)Nc1cccc(CN2CCSCC2)c1. The Morgan fingerprint density at radius 2 is 2.10 bits per heavy atom. The van der Waals surface area contributed by atoms with Crippen molar-refractivity contribution in [2.24, 2.45) is 0 Å². The molecule has 8 nitrogen and oxygen atoms in total. The smallest absolute Gasteiger partial charge is 0.234 e. The molecule has 152 valence electrons. The number of nitrogens with one attached hydrogen (secondary N) is 1. The molecular formula is C19H22N6O2S2. The van der Waals surface area contributed by atoms with E-state index in [0.717, 1.165) is 31.1 Å². The average Bonchev–Trinajstić information content (AvgIpc) is 3.40. The Labute approximate surface area is 177 Å². The molecule has 2 aromatic heterocycles. The van der Waals surface area contributed by atoms with Crippen LogP contribution in [0, 0.1) is 0 Å². The number of amides is 1. The molecule has 4 rings (SSSR count). The maximum atomic E-state index is 12.4. The number of hydrogen-bond acceptors (Lipinski definition) is 8. The Bertz CT molecular complexity index is 924. The summed E-state index contributed by atoms with van der Waals surface area (Å²) in [7, 11) is 0. The summed E-state index contributed by atoms with van der Waals surface area (Å²) >= 11 is 3.30. The van der Waals surface area contributed by atoms with Crippen molar-refractivity contribution < 1.29 is 9.21 Å². The normalized spacial score (nSPS) is 14.8. The van der Waals surface area contributed by atoms with E-state index in [9.17, 15) is 4.79 Å². The lowest BCUT2D eigenvalue weighted by Gasteiger charge is -2.26. The average molecular weight is 431 g/mol. The molecule has 0 atom stereocenters. The summed E-state index contributed by atoms with van der Waals surface area (Å²) in [5.41, 5.74) is 2.03. The topological polar surface area (TPSA) is 89.1 Å². The molecule has 0 aliphatic carbocycles. The first-order valence-electron chi connectivity index (χ1n) is 9.36. The number of nitrogens with zero attached hydrogens (tertiary/aromatic N) is 5. The van der Waals surface area contributed by atoms with Crippen LogP contribution in [0.2, 0.25) is 0 Å². The number of hydrogen-bond donors (Lipinski definition) is 1. The van der Waals surface area contributed by atoms with Gasteiger partial charge in [0.05, 0.1) is 12.0 Å². The van der Waals surface area contributed by atoms with Crippen molar-refractivity contribution in [3.8, 4) is 0 Å². The molecule has 1 aliphatic heterocycles. The predicted octanol–water partition coefficient (Wildman–Crippen LogP) is 2.59. The molecule has 29 heavy (non-hydrogen) atoms. The highest BCUT2D eigenvalue weighted by Gasteiger charge is 2.13. The summed E-state index contributed by atoms with van der Waals surface area (Å²) in [6, 6.07) is 11.7. The van der Waals surface area contributed by atoms with Crippen LogP contribution in [-0.2, 0) is 17.9 Å². The first-order chi connectivity index (χ1) is 14.3. The molecule has 10 heteroatoms. The van der Waals surface area contributed by atoms with Crippen molar-refractivity contribution in [3.63, 3.8) is 0 Å². The molecule has 3 aromatic rings. The Kier molecular flexibility index (Phi) is 6.86. The van der Waals surface area contributed by atoms with Gasteiger partial charge >= 0.3 is 0 Å². The third-order valence-corrected chi connectivity index (χ3v) is 6.34. The van der Waals surface area contributed by atoms with E-state index in [1.807, 2.05) is 42.1 Å². The third kappa shape index (κ3) is 5.84. The van der Waals surface area contributed by atoms with E-state index in [1.54, 1.807) is 10.9 Å². The lowest BCUT2D eigenvalue weighted by molar-refractivity contribution is -0.113. The van der Waals surface area contributed by atoms with Gasteiger partial charge in [-0.1, -0.05) is 23.9 Å². The minimum absolute atomic E-state index is 0.0888. The summed E-state index contributed by atoms with van der Waals surface area (Å²) in [5, 5.41) is 15.2. The second-order valence-corrected chi connectivity index (χ2v) is 8.79. The van der Waals surface area contributed by atoms with Gasteiger partial charge in [0, 0.05) is 36.8 Å². The number of rotatable bonds is 8. The van der Waals surface area contributed by atoms with Crippen LogP contribution in [0.15, 0.2) is 52.2 Å². The lowest BCUT2D eigenvalue weighted by atomic mass is 10.2. The maximum Gasteiger partial charge on any atom is 0.234 e. The van der Waals surface area contributed by atoms with Gasteiger partial charge in [-0.15, -0.1) is 5.10 Å². The van der Waals surface area contributed by atoms with Gasteiger partial charge in [-0.3, -0.25) is 9.69 Å². The van der Waals surface area contributed by atoms with Gasteiger partial charge in [0.1, 0.15) is 12.3 Å². The summed E-state index contributed by atoms with van der Waals surface area (Å²) in [6.07, 6.45) is 1.61. The van der Waals surface area contributed by atoms with Gasteiger partial charge in [-0.2, -0.15) is 11.8 Å². The summed E-state index contributed by atoms with van der Waals surface area (Å²) in [5.74, 6) is 3.27. The number of anilines is 1. The van der Waals surface area contributed by atoms with Crippen LogP contribution >= 0.6 is 23.5 Å². The van der Waals surface area contributed by atoms with Gasteiger partial charge < -0.3 is 9.73 Å². The number of carbonyl (C=O) groups is 1. The minimum atomic E-state index is -0.0888. The van der Waals surface area contributed by atoms with Gasteiger partial charge in [-0.05, 0) is 40.3 Å². The van der Waals surface area contributed by atoms with E-state index in [0.29, 0.717) is 11.7 Å². The molecule has 1 N–H and O–H groups in total. The lowest BCUT2D eigenvalue weighted by Crippen LogP contribution is -2.31. The van der Waals surface area contributed by atoms with Gasteiger partial charge in [0.2, 0.25) is 11.1 Å². The number of thioether (sulfide) groups is 2. The Hall–Kier alpha value is -2.30. The fourth-order valence-electron chi connectivity index (χ4n) is 3.04. The summed E-state index contributed by atoms with van der Waals surface area (Å²) in [6.45, 7) is 3.58. The van der Waals surface area contributed by atoms with Crippen molar-refractivity contribution in [1.29, 1.82) is 0 Å². The van der Waals surface area contributed by atoms with E-state index in [-0.39, 0.29) is 11.7 Å². The van der Waals surface area contributed by atoms with E-state index in [4.69, 9.17) is 4.42 Å². The maximum absolute atomic E-state index is 12.4. The van der Waals surface area contributed by atoms with Crippen molar-refractivity contribution in [3.05, 3.63) is 54.0 Å². The van der Waals surface area contributed by atoms with Crippen LogP contribution in [-0.4, -0.2) is 61.4 Å². The van der Waals surface area contributed by atoms with Crippen LogP contribution in [0.3, 0.4) is 0 Å². The standard InChI is InChI=1S/C19H22N6O2S2/c26-18(14-29-19-21-22-23-25(19)13-17-5-2-8-27-17)20-16-4-1-3-15(11-16)12-24-6-9-28-10-7-24/h1-5,8,11H,6-7,9-10,12-14H2,(H,20,26). The zero-order valence-corrected chi connectivity index (χ0v) is 17.5. The number of benzene rings is 1. The molecule has 0 unspecified atom stereocenters. The molecule has 0 spiro atoms. The second-order valence-electron chi connectivity index (χ2n) is 6.62. The number of furan rings is 1. The molecular weight excluding hydrogens is 408 g/mol. The summed E-state index contributed by atoms with van der Waals surface area (Å²) in [4.78, 5) is 14.8. The number of tetrazole rings is 1. The molecule has 1 fully saturated rings. The Morgan fingerprint density at radius 3 is 2.93 bits per heavy atom. The van der Waals surface area contributed by atoms with Crippen molar-refractivity contribution >= 4 is 35.1 Å². The zero-order valence-electron chi connectivity index (χ0n) is 15.9. The highest BCUT2D eigenvalue weighted by molar-refractivity contribution is 7.99. The predicted molar refractivity (Wildman–Crippen MR) is 114 cm³/mol. The molecule has 1 saturated heterocycles. The molecule has 1 amide bonds. The summed E-state index contributed by atoms with van der Waals surface area (Å²) < 4.78 is 6.94. The van der Waals surface area contributed by atoms with Crippen LogP contribution in [0.1, 0.15) is 11.3 Å². The minimum Gasteiger partial charge on any atom is -0.467 e. The molecule has 0 saturated carbocycles. The van der Waals surface area contributed by atoms with Crippen molar-refractivity contribution in [2.45, 2.75) is 18.2 Å². The second kappa shape index (κ2) is 9.95. The third-order valence-electron chi connectivity index (χ3n) is 4.44. The first kappa shape index (κ1) is 20.0. The Morgan fingerprint density at radius 1 is 1.21 bits per heavy atom. The van der Waals surface area contributed by atoms with E-state index >= 15 is 0 Å². The highest BCUT2D eigenvalue weighted by Crippen LogP contribution is 2.18. The van der Waals surface area contributed by atoms with Crippen molar-refractivity contribution in [2.75, 3.05) is 35.7 Å². The fraction of sp³-hybridized carbons (Fsp3) is 0.368. The Balaban J connectivity index is 1.29.